The maximum atomic E-state index is 12.2. The van der Waals surface area contributed by atoms with E-state index in [9.17, 15) is 8.78 Å². The van der Waals surface area contributed by atoms with E-state index in [1.54, 1.807) is 13.8 Å². The Morgan fingerprint density at radius 3 is 2.35 bits per heavy atom. The number of rotatable bonds is 5. The molecule has 1 aromatic carbocycles. The Balaban J connectivity index is 3.07. The van der Waals surface area contributed by atoms with E-state index in [4.69, 9.17) is 22.7 Å². The van der Waals surface area contributed by atoms with Gasteiger partial charge in [-0.15, -0.1) is 0 Å². The van der Waals surface area contributed by atoms with E-state index >= 15 is 0 Å². The van der Waals surface area contributed by atoms with Gasteiger partial charge in [0.1, 0.15) is 4.99 Å². The number of hydrogen-bond donors (Lipinski definition) is 1. The van der Waals surface area contributed by atoms with Crippen molar-refractivity contribution in [3.05, 3.63) is 23.8 Å². The van der Waals surface area contributed by atoms with Gasteiger partial charge in [-0.05, 0) is 32.0 Å². The third kappa shape index (κ3) is 4.14. The van der Waals surface area contributed by atoms with E-state index < -0.39 is 6.61 Å². The molecule has 3 nitrogen and oxygen atoms in total. The Morgan fingerprint density at radius 1 is 1.24 bits per heavy atom. The Morgan fingerprint density at radius 2 is 1.88 bits per heavy atom. The second-order valence-electron chi connectivity index (χ2n) is 3.57. The van der Waals surface area contributed by atoms with Gasteiger partial charge in [-0.25, -0.2) is 0 Å². The van der Waals surface area contributed by atoms with Crippen LogP contribution in [0.5, 0.6) is 11.5 Å². The molecule has 94 valence electrons. The standard InChI is InChI=1S/C11H13F2NO2S/c1-6(2)15-9-5-7(10(14)17)3-4-8(9)16-11(12)13/h3-6,11H,1-2H3,(H2,14,17). The molecule has 0 atom stereocenters. The fraction of sp³-hybridized carbons (Fsp3) is 0.364. The van der Waals surface area contributed by atoms with Crippen molar-refractivity contribution in [3.8, 4) is 11.5 Å². The van der Waals surface area contributed by atoms with Gasteiger partial charge in [0.05, 0.1) is 6.10 Å². The van der Waals surface area contributed by atoms with Crippen molar-refractivity contribution in [3.63, 3.8) is 0 Å². The van der Waals surface area contributed by atoms with Gasteiger partial charge in [0.15, 0.2) is 11.5 Å². The molecule has 0 heterocycles. The third-order valence-electron chi connectivity index (χ3n) is 1.81. The molecule has 1 rings (SSSR count). The lowest BCUT2D eigenvalue weighted by Crippen LogP contribution is -2.13. The maximum Gasteiger partial charge on any atom is 0.387 e. The second-order valence-corrected chi connectivity index (χ2v) is 4.01. The lowest BCUT2D eigenvalue weighted by Gasteiger charge is -2.15. The summed E-state index contributed by atoms with van der Waals surface area (Å²) in [5.74, 6) is 0.166. The monoisotopic (exact) mass is 261 g/mol. The third-order valence-corrected chi connectivity index (χ3v) is 2.04. The molecule has 0 aliphatic rings. The van der Waals surface area contributed by atoms with Crippen LogP contribution < -0.4 is 15.2 Å². The van der Waals surface area contributed by atoms with E-state index in [0.29, 0.717) is 5.56 Å². The first-order chi connectivity index (χ1) is 7.90. The average Bonchev–Trinajstić information content (AvgIpc) is 2.18. The molecule has 0 aliphatic heterocycles. The van der Waals surface area contributed by atoms with E-state index in [1.807, 2.05) is 0 Å². The summed E-state index contributed by atoms with van der Waals surface area (Å²) < 4.78 is 34.0. The number of ether oxygens (including phenoxy) is 2. The smallest absolute Gasteiger partial charge is 0.387 e. The zero-order valence-electron chi connectivity index (χ0n) is 9.44. The van der Waals surface area contributed by atoms with Crippen molar-refractivity contribution in [2.45, 2.75) is 26.6 Å². The van der Waals surface area contributed by atoms with Crippen LogP contribution in [0.25, 0.3) is 0 Å². The predicted octanol–water partition coefficient (Wildman–Crippen LogP) is 2.71. The molecule has 0 unspecified atom stereocenters. The first-order valence-corrected chi connectivity index (χ1v) is 5.36. The molecule has 0 amide bonds. The van der Waals surface area contributed by atoms with Crippen LogP contribution in [-0.2, 0) is 0 Å². The van der Waals surface area contributed by atoms with Crippen LogP contribution in [0, 0.1) is 0 Å². The van der Waals surface area contributed by atoms with Crippen LogP contribution in [0.3, 0.4) is 0 Å². The molecule has 6 heteroatoms. The molecular formula is C11H13F2NO2S. The van der Waals surface area contributed by atoms with Crippen LogP contribution in [-0.4, -0.2) is 17.7 Å². The van der Waals surface area contributed by atoms with Crippen molar-refractivity contribution >= 4 is 17.2 Å². The number of halogens is 2. The van der Waals surface area contributed by atoms with Gasteiger partial charge in [0.2, 0.25) is 0 Å². The summed E-state index contributed by atoms with van der Waals surface area (Å²) in [7, 11) is 0. The van der Waals surface area contributed by atoms with Crippen LogP contribution in [0.1, 0.15) is 19.4 Å². The van der Waals surface area contributed by atoms with Gasteiger partial charge in [-0.2, -0.15) is 8.78 Å². The molecule has 0 fully saturated rings. The number of hydrogen-bond acceptors (Lipinski definition) is 3. The van der Waals surface area contributed by atoms with E-state index in [-0.39, 0.29) is 22.6 Å². The van der Waals surface area contributed by atoms with Crippen molar-refractivity contribution in [2.75, 3.05) is 0 Å². The SMILES string of the molecule is CC(C)Oc1cc(C(N)=S)ccc1OC(F)F. The van der Waals surface area contributed by atoms with Crippen molar-refractivity contribution in [1.29, 1.82) is 0 Å². The molecule has 2 N–H and O–H groups in total. The molecule has 0 aromatic heterocycles. The number of alkyl halides is 2. The van der Waals surface area contributed by atoms with E-state index in [1.165, 1.54) is 18.2 Å². The molecule has 0 saturated heterocycles. The highest BCUT2D eigenvalue weighted by molar-refractivity contribution is 7.80. The van der Waals surface area contributed by atoms with Crippen molar-refractivity contribution in [1.82, 2.24) is 0 Å². The molecule has 0 bridgehead atoms. The topological polar surface area (TPSA) is 44.5 Å². The second kappa shape index (κ2) is 5.77. The van der Waals surface area contributed by atoms with Gasteiger partial charge in [0, 0.05) is 5.56 Å². The minimum atomic E-state index is -2.90. The molecule has 17 heavy (non-hydrogen) atoms. The molecular weight excluding hydrogens is 248 g/mol. The van der Waals surface area contributed by atoms with Gasteiger partial charge in [-0.3, -0.25) is 0 Å². The van der Waals surface area contributed by atoms with Crippen LogP contribution in [0.2, 0.25) is 0 Å². The van der Waals surface area contributed by atoms with Crippen LogP contribution >= 0.6 is 12.2 Å². The fourth-order valence-corrected chi connectivity index (χ4v) is 1.33. The lowest BCUT2D eigenvalue weighted by atomic mass is 10.2. The highest BCUT2D eigenvalue weighted by Gasteiger charge is 2.13. The summed E-state index contributed by atoms with van der Waals surface area (Å²) in [6.07, 6.45) is -0.170. The molecule has 0 aliphatic carbocycles. The molecule has 0 spiro atoms. The van der Waals surface area contributed by atoms with Gasteiger partial charge in [-0.1, -0.05) is 12.2 Å². The Kier molecular flexibility index (Phi) is 4.62. The summed E-state index contributed by atoms with van der Waals surface area (Å²) in [6.45, 7) is 0.652. The average molecular weight is 261 g/mol. The van der Waals surface area contributed by atoms with Crippen molar-refractivity contribution in [2.24, 2.45) is 5.73 Å². The summed E-state index contributed by atoms with van der Waals surface area (Å²) in [6, 6.07) is 4.35. The summed E-state index contributed by atoms with van der Waals surface area (Å²) in [4.78, 5) is 0.169. The Hall–Kier alpha value is -1.43. The van der Waals surface area contributed by atoms with Crippen LogP contribution in [0.15, 0.2) is 18.2 Å². The van der Waals surface area contributed by atoms with Gasteiger partial charge >= 0.3 is 6.61 Å². The zero-order chi connectivity index (χ0) is 13.0. The molecule has 0 saturated carbocycles. The minimum Gasteiger partial charge on any atom is -0.487 e. The minimum absolute atomic E-state index is 0.0336. The highest BCUT2D eigenvalue weighted by atomic mass is 32.1. The predicted molar refractivity (Wildman–Crippen MR) is 64.7 cm³/mol. The maximum absolute atomic E-state index is 12.2. The van der Waals surface area contributed by atoms with E-state index in [0.717, 1.165) is 0 Å². The number of benzene rings is 1. The summed E-state index contributed by atoms with van der Waals surface area (Å²) in [5, 5.41) is 0. The quantitative estimate of drug-likeness (QED) is 0.828. The van der Waals surface area contributed by atoms with Gasteiger partial charge < -0.3 is 15.2 Å². The fourth-order valence-electron chi connectivity index (χ4n) is 1.20. The van der Waals surface area contributed by atoms with Crippen LogP contribution in [0.4, 0.5) is 8.78 Å². The first kappa shape index (κ1) is 13.6. The summed E-state index contributed by atoms with van der Waals surface area (Å²) in [5.41, 5.74) is 5.99. The van der Waals surface area contributed by atoms with Crippen molar-refractivity contribution < 1.29 is 18.3 Å². The van der Waals surface area contributed by atoms with Gasteiger partial charge in [0.25, 0.3) is 0 Å². The highest BCUT2D eigenvalue weighted by Crippen LogP contribution is 2.30. The largest absolute Gasteiger partial charge is 0.487 e. The number of nitrogens with two attached hydrogens (primary N) is 1. The summed E-state index contributed by atoms with van der Waals surface area (Å²) >= 11 is 4.80. The van der Waals surface area contributed by atoms with E-state index in [2.05, 4.69) is 4.74 Å². The lowest BCUT2D eigenvalue weighted by molar-refractivity contribution is -0.0518. The molecule has 1 aromatic rings. The Labute approximate surface area is 104 Å². The zero-order valence-corrected chi connectivity index (χ0v) is 10.3. The normalized spacial score (nSPS) is 10.7. The number of thiocarbonyl (C=S) groups is 1. The molecule has 0 radical (unpaired) electrons. The Bertz CT molecular complexity index is 410. The first-order valence-electron chi connectivity index (χ1n) is 4.95.